The van der Waals surface area contributed by atoms with Crippen LogP contribution in [0, 0.1) is 5.92 Å². The normalized spacial score (nSPS) is 16.0. The lowest BCUT2D eigenvalue weighted by atomic mass is 9.94. The van der Waals surface area contributed by atoms with Gasteiger partial charge in [0.15, 0.2) is 0 Å². The van der Waals surface area contributed by atoms with Crippen LogP contribution in [-0.4, -0.2) is 45.4 Å². The van der Waals surface area contributed by atoms with Crippen LogP contribution in [0.25, 0.3) is 0 Å². The van der Waals surface area contributed by atoms with E-state index in [0.29, 0.717) is 37.5 Å². The van der Waals surface area contributed by atoms with Crippen LogP contribution in [0.2, 0.25) is 0 Å². The monoisotopic (exact) mass is 499 g/mol. The van der Waals surface area contributed by atoms with Gasteiger partial charge in [-0.25, -0.2) is 4.79 Å². The fraction of sp³-hybridized carbons (Fsp3) is 0.579. The zero-order valence-electron chi connectivity index (χ0n) is 17.5. The minimum Gasteiger partial charge on any atom is -0.480 e. The summed E-state index contributed by atoms with van der Waals surface area (Å²) in [4.78, 5) is 25.5. The summed E-state index contributed by atoms with van der Waals surface area (Å²) in [6.07, 6.45) is 2.72. The average molecular weight is 500 g/mol. The maximum Gasteiger partial charge on any atom is 0.407 e. The summed E-state index contributed by atoms with van der Waals surface area (Å²) in [7, 11) is 1.55. The first-order chi connectivity index (χ1) is 14.2. The lowest BCUT2D eigenvalue weighted by molar-refractivity contribution is 0.0516. The Morgan fingerprint density at radius 2 is 2.13 bits per heavy atom. The second-order valence-corrected chi connectivity index (χ2v) is 9.73. The molecule has 1 aliphatic rings. The summed E-state index contributed by atoms with van der Waals surface area (Å²) in [5, 5.41) is 10.1. The number of amides is 2. The largest absolute Gasteiger partial charge is 0.480 e. The highest BCUT2D eigenvalue weighted by Crippen LogP contribution is 2.31. The number of nitrogens with one attached hydrogen (secondary N) is 2. The van der Waals surface area contributed by atoms with Crippen molar-refractivity contribution >= 4 is 39.5 Å². The fourth-order valence-corrected chi connectivity index (χ4v) is 4.58. The number of hydrogen-bond donors (Lipinski definition) is 2. The van der Waals surface area contributed by atoms with Crippen LogP contribution in [0.3, 0.4) is 0 Å². The van der Waals surface area contributed by atoms with E-state index in [1.54, 1.807) is 13.3 Å². The Labute approximate surface area is 187 Å². The van der Waals surface area contributed by atoms with Crippen molar-refractivity contribution in [3.63, 3.8) is 0 Å². The molecule has 164 valence electrons. The zero-order valence-corrected chi connectivity index (χ0v) is 19.9. The molecule has 1 unspecified atom stereocenters. The van der Waals surface area contributed by atoms with Gasteiger partial charge in [-0.05, 0) is 67.0 Å². The molecule has 3 heterocycles. The van der Waals surface area contributed by atoms with Crippen LogP contribution < -0.4 is 15.4 Å². The van der Waals surface area contributed by atoms with E-state index in [1.165, 1.54) is 11.5 Å². The van der Waals surface area contributed by atoms with E-state index in [0.717, 1.165) is 21.5 Å². The van der Waals surface area contributed by atoms with Gasteiger partial charge < -0.3 is 20.1 Å². The van der Waals surface area contributed by atoms with Crippen LogP contribution in [0.5, 0.6) is 5.88 Å². The van der Waals surface area contributed by atoms with E-state index in [4.69, 9.17) is 9.47 Å². The zero-order chi connectivity index (χ0) is 21.9. The Morgan fingerprint density at radius 1 is 1.37 bits per heavy atom. The Morgan fingerprint density at radius 3 is 2.80 bits per heavy atom. The number of rotatable bonds is 6. The first-order valence-corrected chi connectivity index (χ1v) is 11.2. The first-order valence-electron chi connectivity index (χ1n) is 9.65. The van der Waals surface area contributed by atoms with Crippen LogP contribution >= 0.6 is 27.5 Å². The number of aryl methyl sites for hydroxylation is 1. The Kier molecular flexibility index (Phi) is 7.02. The van der Waals surface area contributed by atoms with Gasteiger partial charge in [0.05, 0.1) is 40.5 Å². The van der Waals surface area contributed by atoms with E-state index in [-0.39, 0.29) is 11.8 Å². The van der Waals surface area contributed by atoms with Crippen molar-refractivity contribution in [2.24, 2.45) is 5.92 Å². The van der Waals surface area contributed by atoms with E-state index >= 15 is 0 Å². The van der Waals surface area contributed by atoms with Crippen molar-refractivity contribution in [2.75, 3.05) is 13.7 Å². The van der Waals surface area contributed by atoms with Crippen LogP contribution in [0.15, 0.2) is 10.7 Å². The summed E-state index contributed by atoms with van der Waals surface area (Å²) in [5.41, 5.74) is 0.915. The van der Waals surface area contributed by atoms with Gasteiger partial charge in [0, 0.05) is 13.1 Å². The molecule has 0 saturated heterocycles. The maximum atomic E-state index is 12.8. The van der Waals surface area contributed by atoms with Crippen molar-refractivity contribution in [1.29, 1.82) is 0 Å². The molecule has 0 aromatic carbocycles. The molecular formula is C19H26BrN5O4S. The predicted molar refractivity (Wildman–Crippen MR) is 116 cm³/mol. The Balaban J connectivity index is 1.58. The highest BCUT2D eigenvalue weighted by Gasteiger charge is 2.26. The van der Waals surface area contributed by atoms with Crippen molar-refractivity contribution < 1.29 is 19.1 Å². The highest BCUT2D eigenvalue weighted by molar-refractivity contribution is 9.10. The molecular weight excluding hydrogens is 474 g/mol. The molecule has 1 aliphatic heterocycles. The van der Waals surface area contributed by atoms with Gasteiger partial charge in [-0.2, -0.15) is 9.47 Å². The van der Waals surface area contributed by atoms with Crippen LogP contribution in [0.1, 0.15) is 48.1 Å². The maximum absolute atomic E-state index is 12.8. The highest BCUT2D eigenvalue weighted by atomic mass is 79.9. The second-order valence-electron chi connectivity index (χ2n) is 8.08. The Hall–Kier alpha value is -2.14. The second kappa shape index (κ2) is 9.34. The summed E-state index contributed by atoms with van der Waals surface area (Å²) < 4.78 is 17.2. The summed E-state index contributed by atoms with van der Waals surface area (Å²) in [6.45, 7) is 7.04. The van der Waals surface area contributed by atoms with E-state index < -0.39 is 11.7 Å². The molecule has 0 saturated carbocycles. The minimum absolute atomic E-state index is 0.184. The van der Waals surface area contributed by atoms with Crippen LogP contribution in [-0.2, 0) is 24.2 Å². The quantitative estimate of drug-likeness (QED) is 0.631. The molecule has 2 aromatic heterocycles. The van der Waals surface area contributed by atoms with Crippen molar-refractivity contribution in [1.82, 2.24) is 24.8 Å². The molecule has 0 aliphatic carbocycles. The van der Waals surface area contributed by atoms with E-state index in [9.17, 15) is 9.59 Å². The van der Waals surface area contributed by atoms with Gasteiger partial charge in [0.1, 0.15) is 5.60 Å². The standard InChI is InChI=1S/C19H26BrN5O4S/c1-19(2,3)29-18(27)22-8-11-5-6-25-13(7-11)12(9-23-25)16(26)21-10-14-15(20)17(28-4)24-30-14/h9,11H,5-8,10H2,1-4H3,(H,21,26)(H,22,27). The number of halogens is 1. The molecule has 2 N–H and O–H groups in total. The molecule has 3 rings (SSSR count). The molecule has 0 radical (unpaired) electrons. The van der Waals surface area contributed by atoms with Gasteiger partial charge in [-0.15, -0.1) is 0 Å². The van der Waals surface area contributed by atoms with E-state index in [1.807, 2.05) is 25.5 Å². The molecule has 0 spiro atoms. The molecule has 30 heavy (non-hydrogen) atoms. The number of methoxy groups -OCH3 is 1. The van der Waals surface area contributed by atoms with Gasteiger partial charge >= 0.3 is 6.09 Å². The van der Waals surface area contributed by atoms with Gasteiger partial charge in [0.2, 0.25) is 5.88 Å². The molecule has 2 aromatic rings. The minimum atomic E-state index is -0.530. The summed E-state index contributed by atoms with van der Waals surface area (Å²) in [6, 6.07) is 0. The lowest BCUT2D eigenvalue weighted by Crippen LogP contribution is -2.37. The lowest BCUT2D eigenvalue weighted by Gasteiger charge is -2.25. The first kappa shape index (κ1) is 22.5. The number of aromatic nitrogens is 3. The number of carbonyl (C=O) groups excluding carboxylic acids is 2. The fourth-order valence-electron chi connectivity index (χ4n) is 3.19. The third-order valence-electron chi connectivity index (χ3n) is 4.63. The van der Waals surface area contributed by atoms with E-state index in [2.05, 4.69) is 36.0 Å². The number of hydrogen-bond acceptors (Lipinski definition) is 7. The van der Waals surface area contributed by atoms with Gasteiger partial charge in [0.25, 0.3) is 5.91 Å². The number of alkyl carbamates (subject to hydrolysis) is 1. The number of ether oxygens (including phenoxy) is 2. The molecule has 1 atom stereocenters. The third-order valence-corrected chi connectivity index (χ3v) is 6.54. The predicted octanol–water partition coefficient (Wildman–Crippen LogP) is 3.13. The molecule has 9 nitrogen and oxygen atoms in total. The topological polar surface area (TPSA) is 107 Å². The van der Waals surface area contributed by atoms with Gasteiger partial charge in [-0.1, -0.05) is 0 Å². The smallest absolute Gasteiger partial charge is 0.407 e. The van der Waals surface area contributed by atoms with Crippen molar-refractivity contribution in [2.45, 2.75) is 52.3 Å². The number of nitrogens with zero attached hydrogens (tertiary/aromatic N) is 3. The van der Waals surface area contributed by atoms with Crippen LogP contribution in [0.4, 0.5) is 4.79 Å². The molecule has 0 bridgehead atoms. The molecule has 11 heteroatoms. The number of fused-ring (bicyclic) bond motifs is 1. The van der Waals surface area contributed by atoms with Crippen molar-refractivity contribution in [3.8, 4) is 5.88 Å². The SMILES string of the molecule is COc1nsc(CNC(=O)c2cnn3c2CC(CNC(=O)OC(C)(C)C)CC3)c1Br. The van der Waals surface area contributed by atoms with Gasteiger partial charge in [-0.3, -0.25) is 9.48 Å². The average Bonchev–Trinajstić information content (AvgIpc) is 3.26. The molecule has 2 amide bonds. The molecule has 0 fully saturated rings. The summed E-state index contributed by atoms with van der Waals surface area (Å²) in [5.74, 6) is 0.539. The third kappa shape index (κ3) is 5.51. The Bertz CT molecular complexity index is 921. The number of carbonyl (C=O) groups is 2. The van der Waals surface area contributed by atoms with Crippen molar-refractivity contribution in [3.05, 3.63) is 26.8 Å². The summed E-state index contributed by atoms with van der Waals surface area (Å²) >= 11 is 4.71.